The van der Waals surface area contributed by atoms with Gasteiger partial charge >= 0.3 is 0 Å². The zero-order valence-corrected chi connectivity index (χ0v) is 8.65. The van der Waals surface area contributed by atoms with Crippen molar-refractivity contribution in [3.63, 3.8) is 0 Å². The van der Waals surface area contributed by atoms with E-state index in [1.807, 2.05) is 0 Å². The molecular formula is C9H19P. The van der Waals surface area contributed by atoms with Crippen LogP contribution in [0.1, 0.15) is 27.7 Å². The molecule has 4 unspecified atom stereocenters. The van der Waals surface area contributed by atoms with Crippen molar-refractivity contribution in [2.75, 3.05) is 6.66 Å². The van der Waals surface area contributed by atoms with Crippen molar-refractivity contribution in [1.82, 2.24) is 0 Å². The van der Waals surface area contributed by atoms with E-state index in [2.05, 4.69) is 34.4 Å². The summed E-state index contributed by atoms with van der Waals surface area (Å²) in [6, 6.07) is 0. The Balaban J connectivity index is 2.68. The minimum atomic E-state index is 0.334. The molecule has 1 rings (SSSR count). The smallest absolute Gasteiger partial charge is 0.0209 e. The third kappa shape index (κ3) is 1.11. The van der Waals surface area contributed by atoms with Crippen LogP contribution in [0.15, 0.2) is 0 Å². The maximum atomic E-state index is 2.46. The number of rotatable bonds is 0. The monoisotopic (exact) mass is 158 g/mol. The van der Waals surface area contributed by atoms with Crippen LogP contribution in [-0.2, 0) is 0 Å². The van der Waals surface area contributed by atoms with E-state index in [0.29, 0.717) is 7.92 Å². The van der Waals surface area contributed by atoms with Crippen molar-refractivity contribution in [1.29, 1.82) is 0 Å². The molecule has 0 spiro atoms. The van der Waals surface area contributed by atoms with E-state index in [-0.39, 0.29) is 0 Å². The highest BCUT2D eigenvalue weighted by Crippen LogP contribution is 2.57. The summed E-state index contributed by atoms with van der Waals surface area (Å²) >= 11 is 0. The lowest BCUT2D eigenvalue weighted by molar-refractivity contribution is 0.413. The molecule has 1 heteroatoms. The third-order valence-corrected chi connectivity index (χ3v) is 7.15. The summed E-state index contributed by atoms with van der Waals surface area (Å²) in [4.78, 5) is 0. The molecule has 0 aliphatic carbocycles. The molecule has 0 aromatic carbocycles. The van der Waals surface area contributed by atoms with E-state index in [1.54, 1.807) is 0 Å². The van der Waals surface area contributed by atoms with Gasteiger partial charge in [-0.1, -0.05) is 27.7 Å². The molecule has 0 saturated carbocycles. The van der Waals surface area contributed by atoms with E-state index in [4.69, 9.17) is 0 Å². The van der Waals surface area contributed by atoms with Crippen LogP contribution in [0.3, 0.4) is 0 Å². The molecule has 1 heterocycles. The summed E-state index contributed by atoms with van der Waals surface area (Å²) in [6.45, 7) is 12.1. The van der Waals surface area contributed by atoms with Crippen LogP contribution in [-0.4, -0.2) is 18.0 Å². The molecule has 0 bridgehead atoms. The predicted molar refractivity (Wildman–Crippen MR) is 50.1 cm³/mol. The normalized spacial score (nSPS) is 55.5. The van der Waals surface area contributed by atoms with Crippen molar-refractivity contribution < 1.29 is 0 Å². The van der Waals surface area contributed by atoms with E-state index < -0.39 is 0 Å². The zero-order chi connectivity index (χ0) is 7.89. The molecule has 0 N–H and O–H groups in total. The largest absolute Gasteiger partial charge is 0.104 e. The number of hydrogen-bond acceptors (Lipinski definition) is 0. The molecule has 0 amide bonds. The van der Waals surface area contributed by atoms with E-state index in [0.717, 1.165) is 23.2 Å². The Labute approximate surface area is 66.2 Å². The zero-order valence-electron chi connectivity index (χ0n) is 7.76. The van der Waals surface area contributed by atoms with Crippen LogP contribution < -0.4 is 0 Å². The molecular weight excluding hydrogens is 139 g/mol. The standard InChI is InChI=1S/C9H19P/c1-6-7(2)9(4)10(5)8(6)3/h6-9H,1-5H3. The van der Waals surface area contributed by atoms with Gasteiger partial charge in [0.15, 0.2) is 0 Å². The Morgan fingerprint density at radius 3 is 1.20 bits per heavy atom. The number of hydrogen-bond donors (Lipinski definition) is 0. The first kappa shape index (κ1) is 8.53. The molecule has 4 atom stereocenters. The highest BCUT2D eigenvalue weighted by atomic mass is 31.1. The average Bonchev–Trinajstić information content (AvgIpc) is 2.07. The summed E-state index contributed by atoms with van der Waals surface area (Å²) in [5, 5.41) is 0. The molecule has 0 nitrogen and oxygen atoms in total. The highest BCUT2D eigenvalue weighted by molar-refractivity contribution is 7.58. The molecule has 1 fully saturated rings. The molecule has 1 aliphatic rings. The molecule has 10 heavy (non-hydrogen) atoms. The average molecular weight is 158 g/mol. The maximum Gasteiger partial charge on any atom is -0.0209 e. The van der Waals surface area contributed by atoms with Crippen molar-refractivity contribution in [3.8, 4) is 0 Å². The predicted octanol–water partition coefficient (Wildman–Crippen LogP) is 3.16. The van der Waals surface area contributed by atoms with Gasteiger partial charge < -0.3 is 0 Å². The summed E-state index contributed by atoms with van der Waals surface area (Å²) in [5.41, 5.74) is 2.00. The van der Waals surface area contributed by atoms with Crippen LogP contribution >= 0.6 is 7.92 Å². The Morgan fingerprint density at radius 1 is 0.800 bits per heavy atom. The second kappa shape index (κ2) is 2.81. The van der Waals surface area contributed by atoms with Gasteiger partial charge in [0.05, 0.1) is 0 Å². The Kier molecular flexibility index (Phi) is 2.40. The highest BCUT2D eigenvalue weighted by Gasteiger charge is 2.37. The van der Waals surface area contributed by atoms with Gasteiger partial charge in [-0.15, -0.1) is 7.92 Å². The second-order valence-electron chi connectivity index (χ2n) is 3.86. The lowest BCUT2D eigenvalue weighted by Gasteiger charge is -2.15. The van der Waals surface area contributed by atoms with Gasteiger partial charge in [-0.3, -0.25) is 0 Å². The topological polar surface area (TPSA) is 0 Å². The van der Waals surface area contributed by atoms with E-state index in [9.17, 15) is 0 Å². The Hall–Kier alpha value is 0.430. The first-order valence-electron chi connectivity index (χ1n) is 4.27. The van der Waals surface area contributed by atoms with Gasteiger partial charge in [0.2, 0.25) is 0 Å². The first-order valence-corrected chi connectivity index (χ1v) is 6.20. The Bertz CT molecular complexity index is 77.1. The minimum Gasteiger partial charge on any atom is -0.104 e. The molecule has 0 radical (unpaired) electrons. The van der Waals surface area contributed by atoms with Crippen LogP contribution in [0.4, 0.5) is 0 Å². The fraction of sp³-hybridized carbons (Fsp3) is 1.00. The summed E-state index contributed by atoms with van der Waals surface area (Å²) in [5.74, 6) is 1.93. The first-order chi connectivity index (χ1) is 4.55. The SMILES string of the molecule is CC1C(C)C(C)P(C)C1C. The van der Waals surface area contributed by atoms with Gasteiger partial charge in [-0.25, -0.2) is 0 Å². The summed E-state index contributed by atoms with van der Waals surface area (Å²) in [6.07, 6.45) is 0. The lowest BCUT2D eigenvalue weighted by atomic mass is 9.92. The van der Waals surface area contributed by atoms with Crippen LogP contribution in [0.5, 0.6) is 0 Å². The van der Waals surface area contributed by atoms with Gasteiger partial charge in [-0.2, -0.15) is 0 Å². The van der Waals surface area contributed by atoms with Crippen molar-refractivity contribution in [3.05, 3.63) is 0 Å². The lowest BCUT2D eigenvalue weighted by Crippen LogP contribution is -2.12. The van der Waals surface area contributed by atoms with Gasteiger partial charge in [0, 0.05) is 0 Å². The summed E-state index contributed by atoms with van der Waals surface area (Å²) in [7, 11) is 0.334. The quantitative estimate of drug-likeness (QED) is 0.475. The van der Waals surface area contributed by atoms with Crippen LogP contribution in [0.25, 0.3) is 0 Å². The van der Waals surface area contributed by atoms with Crippen molar-refractivity contribution in [2.45, 2.75) is 39.0 Å². The molecule has 0 aromatic heterocycles. The van der Waals surface area contributed by atoms with Crippen LogP contribution in [0.2, 0.25) is 0 Å². The molecule has 1 saturated heterocycles. The molecule has 60 valence electrons. The molecule has 1 aliphatic heterocycles. The molecule has 0 aromatic rings. The van der Waals surface area contributed by atoms with Gasteiger partial charge in [0.25, 0.3) is 0 Å². The fourth-order valence-corrected chi connectivity index (χ4v) is 4.76. The fourth-order valence-electron chi connectivity index (χ4n) is 1.99. The van der Waals surface area contributed by atoms with Gasteiger partial charge in [0.1, 0.15) is 0 Å². The van der Waals surface area contributed by atoms with Crippen LogP contribution in [0, 0.1) is 11.8 Å². The minimum absolute atomic E-state index is 0.334. The van der Waals surface area contributed by atoms with Gasteiger partial charge in [-0.05, 0) is 29.8 Å². The summed E-state index contributed by atoms with van der Waals surface area (Å²) < 4.78 is 0. The van der Waals surface area contributed by atoms with Crippen molar-refractivity contribution in [2.24, 2.45) is 11.8 Å². The van der Waals surface area contributed by atoms with Crippen molar-refractivity contribution >= 4 is 7.92 Å². The maximum absolute atomic E-state index is 2.46. The van der Waals surface area contributed by atoms with E-state index in [1.165, 1.54) is 0 Å². The second-order valence-corrected chi connectivity index (χ2v) is 6.82. The van der Waals surface area contributed by atoms with E-state index >= 15 is 0 Å². The Morgan fingerprint density at radius 2 is 1.10 bits per heavy atom. The third-order valence-electron chi connectivity index (χ3n) is 3.64.